The van der Waals surface area contributed by atoms with Crippen LogP contribution in [0.4, 0.5) is 5.13 Å². The Balaban J connectivity index is 1.94. The monoisotopic (exact) mass is 239 g/mol. The first-order chi connectivity index (χ1) is 7.70. The van der Waals surface area contributed by atoms with E-state index < -0.39 is 0 Å². The predicted octanol–water partition coefficient (Wildman–Crippen LogP) is 2.66. The second kappa shape index (κ2) is 5.15. The lowest BCUT2D eigenvalue weighted by Crippen LogP contribution is -2.29. The molecule has 1 unspecified atom stereocenters. The number of aromatic nitrogens is 1. The maximum Gasteiger partial charge on any atom is 0.185 e. The van der Waals surface area contributed by atoms with Crippen molar-refractivity contribution in [1.29, 1.82) is 0 Å². The van der Waals surface area contributed by atoms with Gasteiger partial charge in [0.15, 0.2) is 5.13 Å². The molecule has 3 nitrogen and oxygen atoms in total. The fourth-order valence-corrected chi connectivity index (χ4v) is 2.88. The molecule has 1 heterocycles. The van der Waals surface area contributed by atoms with Gasteiger partial charge in [0.25, 0.3) is 0 Å². The highest BCUT2D eigenvalue weighted by atomic mass is 32.1. The van der Waals surface area contributed by atoms with Crippen LogP contribution in [0.25, 0.3) is 0 Å². The van der Waals surface area contributed by atoms with Gasteiger partial charge in [-0.15, -0.1) is 11.3 Å². The van der Waals surface area contributed by atoms with E-state index in [2.05, 4.69) is 29.2 Å². The Kier molecular flexibility index (Phi) is 3.82. The molecule has 0 aliphatic heterocycles. The Bertz CT molecular complexity index is 333. The number of nitrogens with one attached hydrogen (secondary N) is 1. The van der Waals surface area contributed by atoms with Crippen molar-refractivity contribution in [1.82, 2.24) is 10.3 Å². The summed E-state index contributed by atoms with van der Waals surface area (Å²) in [5.41, 5.74) is 0. The zero-order valence-electron chi connectivity index (χ0n) is 10.4. The van der Waals surface area contributed by atoms with Crippen LogP contribution in [0.5, 0.6) is 0 Å². The summed E-state index contributed by atoms with van der Waals surface area (Å²) in [7, 11) is 4.15. The largest absolute Gasteiger partial charge is 0.351 e. The van der Waals surface area contributed by atoms with Gasteiger partial charge in [0.1, 0.15) is 0 Å². The highest BCUT2D eigenvalue weighted by Gasteiger charge is 2.20. The molecule has 1 fully saturated rings. The van der Waals surface area contributed by atoms with Crippen molar-refractivity contribution in [2.45, 2.75) is 32.2 Å². The second-order valence-electron chi connectivity index (χ2n) is 4.73. The minimum absolute atomic E-state index is 0.406. The highest BCUT2D eigenvalue weighted by Crippen LogP contribution is 2.31. The minimum atomic E-state index is 0.406. The third-order valence-corrected chi connectivity index (χ3v) is 4.75. The van der Waals surface area contributed by atoms with Crippen LogP contribution in [0, 0.1) is 5.92 Å². The predicted molar refractivity (Wildman–Crippen MR) is 70.2 cm³/mol. The van der Waals surface area contributed by atoms with Crippen molar-refractivity contribution in [3.8, 4) is 0 Å². The SMILES string of the molecule is CNC(C)c1cnc(N(C)CC2CCC2)s1. The quantitative estimate of drug-likeness (QED) is 0.856. The average molecular weight is 239 g/mol. The normalized spacial score (nSPS) is 18.2. The van der Waals surface area contributed by atoms with Crippen molar-refractivity contribution < 1.29 is 0 Å². The fourth-order valence-electron chi connectivity index (χ4n) is 1.94. The lowest BCUT2D eigenvalue weighted by molar-refractivity contribution is 0.321. The van der Waals surface area contributed by atoms with E-state index in [-0.39, 0.29) is 0 Å². The topological polar surface area (TPSA) is 28.2 Å². The maximum absolute atomic E-state index is 4.50. The van der Waals surface area contributed by atoms with Crippen molar-refractivity contribution in [3.05, 3.63) is 11.1 Å². The van der Waals surface area contributed by atoms with Crippen molar-refractivity contribution in [3.63, 3.8) is 0 Å². The Morgan fingerprint density at radius 3 is 2.94 bits per heavy atom. The first-order valence-electron chi connectivity index (χ1n) is 6.05. The summed E-state index contributed by atoms with van der Waals surface area (Å²) in [6, 6.07) is 0.406. The van der Waals surface area contributed by atoms with E-state index in [1.165, 1.54) is 30.7 Å². The third kappa shape index (κ3) is 2.55. The summed E-state index contributed by atoms with van der Waals surface area (Å²) >= 11 is 1.80. The summed E-state index contributed by atoms with van der Waals surface area (Å²) in [5, 5.41) is 4.40. The van der Waals surface area contributed by atoms with Gasteiger partial charge < -0.3 is 10.2 Å². The molecule has 0 bridgehead atoms. The van der Waals surface area contributed by atoms with E-state index in [0.29, 0.717) is 6.04 Å². The molecule has 0 spiro atoms. The van der Waals surface area contributed by atoms with Crippen LogP contribution in [-0.2, 0) is 0 Å². The van der Waals surface area contributed by atoms with E-state index in [9.17, 15) is 0 Å². The van der Waals surface area contributed by atoms with Crippen LogP contribution in [0.1, 0.15) is 37.1 Å². The first-order valence-corrected chi connectivity index (χ1v) is 6.86. The number of thiazole rings is 1. The van der Waals surface area contributed by atoms with Gasteiger partial charge in [-0.3, -0.25) is 0 Å². The van der Waals surface area contributed by atoms with E-state index in [1.807, 2.05) is 13.2 Å². The molecule has 1 aromatic heterocycles. The third-order valence-electron chi connectivity index (χ3n) is 3.45. The van der Waals surface area contributed by atoms with Crippen LogP contribution < -0.4 is 10.2 Å². The Hall–Kier alpha value is -0.610. The van der Waals surface area contributed by atoms with Gasteiger partial charge in [-0.25, -0.2) is 4.98 Å². The Morgan fingerprint density at radius 2 is 2.38 bits per heavy atom. The highest BCUT2D eigenvalue weighted by molar-refractivity contribution is 7.15. The molecule has 1 aliphatic rings. The summed E-state index contributed by atoms with van der Waals surface area (Å²) in [6.45, 7) is 3.34. The summed E-state index contributed by atoms with van der Waals surface area (Å²) in [6.07, 6.45) is 6.21. The van der Waals surface area contributed by atoms with Gasteiger partial charge in [0.05, 0.1) is 0 Å². The molecular formula is C12H21N3S. The first kappa shape index (κ1) is 11.9. The lowest BCUT2D eigenvalue weighted by Gasteiger charge is -2.29. The number of hydrogen-bond donors (Lipinski definition) is 1. The Morgan fingerprint density at radius 1 is 1.62 bits per heavy atom. The molecule has 1 atom stereocenters. The number of nitrogens with zero attached hydrogens (tertiary/aromatic N) is 2. The van der Waals surface area contributed by atoms with E-state index in [0.717, 1.165) is 11.0 Å². The number of hydrogen-bond acceptors (Lipinski definition) is 4. The van der Waals surface area contributed by atoms with Crippen LogP contribution in [0.3, 0.4) is 0 Å². The average Bonchev–Trinajstić information content (AvgIpc) is 2.71. The molecule has 2 rings (SSSR count). The molecule has 4 heteroatoms. The summed E-state index contributed by atoms with van der Waals surface area (Å²) in [5.74, 6) is 0.902. The molecular weight excluding hydrogens is 218 g/mol. The molecule has 0 saturated heterocycles. The van der Waals surface area contributed by atoms with Gasteiger partial charge in [-0.05, 0) is 32.7 Å². The summed E-state index contributed by atoms with van der Waals surface area (Å²) < 4.78 is 0. The molecule has 1 saturated carbocycles. The number of anilines is 1. The van der Waals surface area contributed by atoms with Gasteiger partial charge in [-0.2, -0.15) is 0 Å². The van der Waals surface area contributed by atoms with E-state index in [4.69, 9.17) is 0 Å². The van der Waals surface area contributed by atoms with Crippen molar-refractivity contribution >= 4 is 16.5 Å². The van der Waals surface area contributed by atoms with Crippen molar-refractivity contribution in [2.75, 3.05) is 25.5 Å². The van der Waals surface area contributed by atoms with Gasteiger partial charge in [0.2, 0.25) is 0 Å². The van der Waals surface area contributed by atoms with Crippen LogP contribution in [0.15, 0.2) is 6.20 Å². The Labute approximate surface area is 102 Å². The van der Waals surface area contributed by atoms with E-state index >= 15 is 0 Å². The summed E-state index contributed by atoms with van der Waals surface area (Å²) in [4.78, 5) is 8.12. The molecule has 90 valence electrons. The molecule has 16 heavy (non-hydrogen) atoms. The number of rotatable bonds is 5. The minimum Gasteiger partial charge on any atom is -0.351 e. The maximum atomic E-state index is 4.50. The van der Waals surface area contributed by atoms with Gasteiger partial charge >= 0.3 is 0 Å². The van der Waals surface area contributed by atoms with Crippen LogP contribution >= 0.6 is 11.3 Å². The standard InChI is InChI=1S/C12H21N3S/c1-9(13-2)11-7-14-12(16-11)15(3)8-10-5-4-6-10/h7,9-10,13H,4-6,8H2,1-3H3. The van der Waals surface area contributed by atoms with E-state index in [1.54, 1.807) is 11.3 Å². The molecule has 0 aromatic carbocycles. The van der Waals surface area contributed by atoms with Crippen molar-refractivity contribution in [2.24, 2.45) is 5.92 Å². The van der Waals surface area contributed by atoms with Crippen LogP contribution in [0.2, 0.25) is 0 Å². The zero-order valence-corrected chi connectivity index (χ0v) is 11.2. The molecule has 0 radical (unpaired) electrons. The molecule has 1 aromatic rings. The van der Waals surface area contributed by atoms with Gasteiger partial charge in [0, 0.05) is 30.7 Å². The molecule has 0 amide bonds. The van der Waals surface area contributed by atoms with Crippen LogP contribution in [-0.4, -0.2) is 25.6 Å². The molecule has 1 N–H and O–H groups in total. The zero-order chi connectivity index (χ0) is 11.5. The fraction of sp³-hybridized carbons (Fsp3) is 0.750. The second-order valence-corrected chi connectivity index (χ2v) is 5.77. The van der Waals surface area contributed by atoms with Gasteiger partial charge in [-0.1, -0.05) is 6.42 Å². The lowest BCUT2D eigenvalue weighted by atomic mass is 9.85. The molecule has 1 aliphatic carbocycles. The smallest absolute Gasteiger partial charge is 0.185 e.